The van der Waals surface area contributed by atoms with E-state index in [4.69, 9.17) is 22.1 Å². The molecule has 0 atom stereocenters. The maximum Gasteiger partial charge on any atom is 0.261 e. The molecule has 0 aromatic heterocycles. The molecule has 104 valence electrons. The summed E-state index contributed by atoms with van der Waals surface area (Å²) in [6.45, 7) is 0. The summed E-state index contributed by atoms with van der Waals surface area (Å²) in [5.41, 5.74) is 6.65. The number of methoxy groups -OCH3 is 1. The van der Waals surface area contributed by atoms with Gasteiger partial charge in [-0.3, -0.25) is 4.79 Å². The van der Waals surface area contributed by atoms with Crippen LogP contribution in [0, 0.1) is 5.82 Å². The number of carbonyl (C=O) groups excluding carboxylic acids is 1. The zero-order valence-corrected chi connectivity index (χ0v) is 11.4. The van der Waals surface area contributed by atoms with Gasteiger partial charge in [-0.15, -0.1) is 0 Å². The minimum atomic E-state index is -0.554. The highest BCUT2D eigenvalue weighted by molar-refractivity contribution is 6.31. The fourth-order valence-electron chi connectivity index (χ4n) is 1.73. The van der Waals surface area contributed by atoms with Crippen molar-refractivity contribution >= 4 is 28.9 Å². The van der Waals surface area contributed by atoms with E-state index in [0.29, 0.717) is 11.4 Å². The molecule has 20 heavy (non-hydrogen) atoms. The summed E-state index contributed by atoms with van der Waals surface area (Å²) >= 11 is 5.66. The summed E-state index contributed by atoms with van der Waals surface area (Å²) in [5.74, 6) is -0.653. The average molecular weight is 295 g/mol. The SMILES string of the molecule is COc1cccc(N)c1C(=O)Nc1ccc(F)c(Cl)c1. The maximum absolute atomic E-state index is 13.1. The van der Waals surface area contributed by atoms with Gasteiger partial charge in [0.2, 0.25) is 0 Å². The van der Waals surface area contributed by atoms with Crippen LogP contribution in [0.5, 0.6) is 5.75 Å². The molecule has 6 heteroatoms. The van der Waals surface area contributed by atoms with Gasteiger partial charge in [0, 0.05) is 11.4 Å². The molecule has 0 fully saturated rings. The van der Waals surface area contributed by atoms with Crippen LogP contribution in [-0.2, 0) is 0 Å². The second-order valence-electron chi connectivity index (χ2n) is 4.01. The first kappa shape index (κ1) is 14.1. The van der Waals surface area contributed by atoms with Crippen LogP contribution >= 0.6 is 11.6 Å². The lowest BCUT2D eigenvalue weighted by atomic mass is 10.1. The van der Waals surface area contributed by atoms with Crippen LogP contribution in [0.25, 0.3) is 0 Å². The van der Waals surface area contributed by atoms with Crippen molar-refractivity contribution in [3.05, 3.63) is 52.8 Å². The second-order valence-corrected chi connectivity index (χ2v) is 4.41. The largest absolute Gasteiger partial charge is 0.496 e. The quantitative estimate of drug-likeness (QED) is 0.854. The summed E-state index contributed by atoms with van der Waals surface area (Å²) in [5, 5.41) is 2.52. The minimum absolute atomic E-state index is 0.0733. The Morgan fingerprint density at radius 1 is 1.35 bits per heavy atom. The zero-order chi connectivity index (χ0) is 14.7. The van der Waals surface area contributed by atoms with Crippen molar-refractivity contribution in [1.82, 2.24) is 0 Å². The Morgan fingerprint density at radius 3 is 2.75 bits per heavy atom. The molecule has 0 unspecified atom stereocenters. The molecule has 2 aromatic carbocycles. The summed E-state index contributed by atoms with van der Waals surface area (Å²) in [7, 11) is 1.44. The van der Waals surface area contributed by atoms with E-state index in [-0.39, 0.29) is 16.3 Å². The van der Waals surface area contributed by atoms with E-state index in [1.807, 2.05) is 0 Å². The molecule has 1 amide bonds. The molecule has 2 rings (SSSR count). The number of rotatable bonds is 3. The fraction of sp³-hybridized carbons (Fsp3) is 0.0714. The molecule has 0 aliphatic rings. The highest BCUT2D eigenvalue weighted by Crippen LogP contribution is 2.26. The Bertz CT molecular complexity index is 662. The monoisotopic (exact) mass is 294 g/mol. The molecule has 0 bridgehead atoms. The first-order valence-corrected chi connectivity index (χ1v) is 6.09. The molecule has 2 aromatic rings. The van der Waals surface area contributed by atoms with Gasteiger partial charge >= 0.3 is 0 Å². The lowest BCUT2D eigenvalue weighted by molar-refractivity contribution is 0.102. The van der Waals surface area contributed by atoms with Gasteiger partial charge in [-0.1, -0.05) is 17.7 Å². The van der Waals surface area contributed by atoms with Crippen molar-refractivity contribution in [2.24, 2.45) is 0 Å². The Hall–Kier alpha value is -2.27. The highest BCUT2D eigenvalue weighted by Gasteiger charge is 2.16. The number of hydrogen-bond donors (Lipinski definition) is 2. The van der Waals surface area contributed by atoms with Gasteiger partial charge in [-0.25, -0.2) is 4.39 Å². The summed E-state index contributed by atoms with van der Waals surface area (Å²) in [6, 6.07) is 8.80. The number of carbonyl (C=O) groups is 1. The lowest BCUT2D eigenvalue weighted by Crippen LogP contribution is -2.15. The van der Waals surface area contributed by atoms with Gasteiger partial charge < -0.3 is 15.8 Å². The number of nitrogen functional groups attached to an aromatic ring is 1. The number of ether oxygens (including phenoxy) is 1. The van der Waals surface area contributed by atoms with Crippen molar-refractivity contribution in [3.8, 4) is 5.75 Å². The Kier molecular flexibility index (Phi) is 4.10. The van der Waals surface area contributed by atoms with Gasteiger partial charge in [-0.2, -0.15) is 0 Å². The van der Waals surface area contributed by atoms with Crippen LogP contribution in [0.15, 0.2) is 36.4 Å². The van der Waals surface area contributed by atoms with Gasteiger partial charge in [0.05, 0.1) is 12.1 Å². The van der Waals surface area contributed by atoms with Crippen LogP contribution in [-0.4, -0.2) is 13.0 Å². The normalized spacial score (nSPS) is 10.2. The number of anilines is 2. The molecule has 0 spiro atoms. The second kappa shape index (κ2) is 5.79. The smallest absolute Gasteiger partial charge is 0.261 e. The van der Waals surface area contributed by atoms with E-state index in [1.54, 1.807) is 18.2 Å². The molecule has 0 radical (unpaired) electrons. The molecule has 4 nitrogen and oxygen atoms in total. The molecule has 0 saturated carbocycles. The first-order chi connectivity index (χ1) is 9.52. The Morgan fingerprint density at radius 2 is 2.10 bits per heavy atom. The topological polar surface area (TPSA) is 64.3 Å². The van der Waals surface area contributed by atoms with Crippen LogP contribution in [0.3, 0.4) is 0 Å². The van der Waals surface area contributed by atoms with Crippen LogP contribution < -0.4 is 15.8 Å². The number of benzene rings is 2. The number of hydrogen-bond acceptors (Lipinski definition) is 3. The third kappa shape index (κ3) is 2.83. The van der Waals surface area contributed by atoms with Crippen molar-refractivity contribution in [2.75, 3.05) is 18.2 Å². The van der Waals surface area contributed by atoms with Crippen molar-refractivity contribution in [3.63, 3.8) is 0 Å². The molecule has 0 saturated heterocycles. The highest BCUT2D eigenvalue weighted by atomic mass is 35.5. The molecule has 0 aliphatic carbocycles. The predicted octanol–water partition coefficient (Wildman–Crippen LogP) is 3.32. The summed E-state index contributed by atoms with van der Waals surface area (Å²) < 4.78 is 18.2. The van der Waals surface area contributed by atoms with E-state index >= 15 is 0 Å². The number of nitrogens with one attached hydrogen (secondary N) is 1. The molecule has 3 N–H and O–H groups in total. The first-order valence-electron chi connectivity index (χ1n) is 5.72. The van der Waals surface area contributed by atoms with E-state index in [0.717, 1.165) is 0 Å². The number of nitrogens with two attached hydrogens (primary N) is 1. The third-order valence-corrected chi connectivity index (χ3v) is 2.97. The van der Waals surface area contributed by atoms with Gasteiger partial charge in [0.25, 0.3) is 5.91 Å². The maximum atomic E-state index is 13.1. The van der Waals surface area contributed by atoms with Gasteiger partial charge in [-0.05, 0) is 30.3 Å². The molecular weight excluding hydrogens is 283 g/mol. The Balaban J connectivity index is 2.30. The fourth-order valence-corrected chi connectivity index (χ4v) is 1.91. The Labute approximate surface area is 120 Å². The summed E-state index contributed by atoms with van der Waals surface area (Å²) in [6.07, 6.45) is 0. The number of amides is 1. The van der Waals surface area contributed by atoms with E-state index in [1.165, 1.54) is 25.3 Å². The van der Waals surface area contributed by atoms with Crippen LogP contribution in [0.2, 0.25) is 5.02 Å². The van der Waals surface area contributed by atoms with Gasteiger partial charge in [0.1, 0.15) is 17.1 Å². The van der Waals surface area contributed by atoms with Crippen LogP contribution in [0.4, 0.5) is 15.8 Å². The van der Waals surface area contributed by atoms with Gasteiger partial charge in [0.15, 0.2) is 0 Å². The van der Waals surface area contributed by atoms with E-state index in [2.05, 4.69) is 5.32 Å². The minimum Gasteiger partial charge on any atom is -0.496 e. The van der Waals surface area contributed by atoms with Crippen LogP contribution in [0.1, 0.15) is 10.4 Å². The standard InChI is InChI=1S/C14H12ClFN2O2/c1-20-12-4-2-3-11(17)13(12)14(19)18-8-5-6-10(16)9(15)7-8/h2-7H,17H2,1H3,(H,18,19). The van der Waals surface area contributed by atoms with Crippen molar-refractivity contribution < 1.29 is 13.9 Å². The molecular formula is C14H12ClFN2O2. The van der Waals surface area contributed by atoms with Crippen molar-refractivity contribution in [2.45, 2.75) is 0 Å². The van der Waals surface area contributed by atoms with Crippen molar-refractivity contribution in [1.29, 1.82) is 0 Å². The average Bonchev–Trinajstić information content (AvgIpc) is 2.42. The predicted molar refractivity (Wildman–Crippen MR) is 76.8 cm³/mol. The van der Waals surface area contributed by atoms with E-state index in [9.17, 15) is 9.18 Å². The third-order valence-electron chi connectivity index (χ3n) is 2.68. The zero-order valence-electron chi connectivity index (χ0n) is 10.6. The lowest BCUT2D eigenvalue weighted by Gasteiger charge is -2.11. The van der Waals surface area contributed by atoms with E-state index < -0.39 is 11.7 Å². The molecule has 0 heterocycles. The summed E-state index contributed by atoms with van der Waals surface area (Å²) in [4.78, 5) is 12.2. The number of halogens is 2. The molecule has 0 aliphatic heterocycles.